The quantitative estimate of drug-likeness (QED) is 0.551. The van der Waals surface area contributed by atoms with E-state index in [2.05, 4.69) is 26.7 Å². The van der Waals surface area contributed by atoms with Crippen molar-refractivity contribution in [2.45, 2.75) is 25.4 Å². The van der Waals surface area contributed by atoms with E-state index in [1.165, 1.54) is 24.5 Å². The first-order valence-electron chi connectivity index (χ1n) is 9.86. The minimum absolute atomic E-state index is 0.0498. The van der Waals surface area contributed by atoms with E-state index >= 15 is 0 Å². The van der Waals surface area contributed by atoms with Crippen molar-refractivity contribution in [3.63, 3.8) is 0 Å². The van der Waals surface area contributed by atoms with Crippen molar-refractivity contribution in [1.29, 1.82) is 5.26 Å². The number of hydrogen-bond donors (Lipinski definition) is 3. The molecular weight excluding hydrogens is 430 g/mol. The molecule has 0 radical (unpaired) electrons. The monoisotopic (exact) mass is 447 g/mol. The molecule has 1 aliphatic carbocycles. The van der Waals surface area contributed by atoms with Crippen molar-refractivity contribution in [2.75, 3.05) is 0 Å². The number of nitrogens with one attached hydrogen (secondary N) is 2. The average molecular weight is 448 g/mol. The third-order valence-corrected chi connectivity index (χ3v) is 5.57. The molecule has 4 rings (SSSR count). The van der Waals surface area contributed by atoms with Crippen molar-refractivity contribution in [3.05, 3.63) is 87.5 Å². The minimum Gasteiger partial charge on any atom is -0.506 e. The summed E-state index contributed by atoms with van der Waals surface area (Å²) in [5, 5.41) is 24.6. The molecule has 2 amide bonds. The number of aromatic nitrogens is 2. The largest absolute Gasteiger partial charge is 0.506 e. The molecule has 1 aromatic heterocycles. The first-order valence-corrected chi connectivity index (χ1v) is 10.2. The van der Waals surface area contributed by atoms with Gasteiger partial charge in [-0.05, 0) is 53.8 Å². The lowest BCUT2D eigenvalue weighted by atomic mass is 10.1. The van der Waals surface area contributed by atoms with Gasteiger partial charge in [0, 0.05) is 12.6 Å². The second-order valence-corrected chi connectivity index (χ2v) is 7.75. The molecule has 0 fully saturated rings. The van der Waals surface area contributed by atoms with Gasteiger partial charge in [0.1, 0.15) is 23.5 Å². The Morgan fingerprint density at radius 1 is 1.12 bits per heavy atom. The number of phenols is 1. The van der Waals surface area contributed by atoms with Gasteiger partial charge in [-0.1, -0.05) is 23.7 Å². The Hall–Kier alpha value is -3.96. The third kappa shape index (κ3) is 4.53. The van der Waals surface area contributed by atoms with Crippen molar-refractivity contribution in [1.82, 2.24) is 20.6 Å². The highest BCUT2D eigenvalue weighted by Gasteiger charge is 2.25. The molecule has 0 unspecified atom stereocenters. The zero-order valence-electron chi connectivity index (χ0n) is 16.8. The van der Waals surface area contributed by atoms with E-state index in [1.807, 2.05) is 12.1 Å². The lowest BCUT2D eigenvalue weighted by Gasteiger charge is -2.14. The van der Waals surface area contributed by atoms with Gasteiger partial charge < -0.3 is 15.7 Å². The number of amides is 2. The second kappa shape index (κ2) is 9.04. The van der Waals surface area contributed by atoms with Crippen LogP contribution in [0.3, 0.4) is 0 Å². The number of carbonyl (C=O) groups excluding carboxylic acids is 2. The number of hydrogen-bond acceptors (Lipinski definition) is 6. The summed E-state index contributed by atoms with van der Waals surface area (Å²) in [6.07, 6.45) is 2.66. The summed E-state index contributed by atoms with van der Waals surface area (Å²) in [6, 6.07) is 13.4. The van der Waals surface area contributed by atoms with E-state index in [4.69, 9.17) is 16.9 Å². The van der Waals surface area contributed by atoms with Crippen molar-refractivity contribution >= 4 is 23.4 Å². The fraction of sp³-hybridized carbons (Fsp3) is 0.174. The molecule has 3 aromatic rings. The summed E-state index contributed by atoms with van der Waals surface area (Å²) in [7, 11) is 0. The summed E-state index contributed by atoms with van der Waals surface area (Å²) >= 11 is 5.78. The van der Waals surface area contributed by atoms with Crippen LogP contribution in [-0.4, -0.2) is 26.9 Å². The van der Waals surface area contributed by atoms with Crippen LogP contribution in [0.4, 0.5) is 0 Å². The smallest absolute Gasteiger partial charge is 0.270 e. The predicted molar refractivity (Wildman–Crippen MR) is 116 cm³/mol. The van der Waals surface area contributed by atoms with E-state index < -0.39 is 11.8 Å². The van der Waals surface area contributed by atoms with E-state index in [1.54, 1.807) is 12.1 Å². The zero-order chi connectivity index (χ0) is 22.7. The maximum atomic E-state index is 12.7. The Morgan fingerprint density at radius 2 is 1.91 bits per heavy atom. The molecule has 3 N–H and O–H groups in total. The topological polar surface area (TPSA) is 128 Å². The molecule has 1 heterocycles. The van der Waals surface area contributed by atoms with Crippen molar-refractivity contribution < 1.29 is 14.7 Å². The van der Waals surface area contributed by atoms with Crippen LogP contribution in [0.2, 0.25) is 5.02 Å². The number of benzene rings is 2. The molecule has 8 nitrogen and oxygen atoms in total. The fourth-order valence-corrected chi connectivity index (χ4v) is 3.73. The Labute approximate surface area is 188 Å². The summed E-state index contributed by atoms with van der Waals surface area (Å²) in [5.41, 5.74) is 3.41. The number of aryl methyl sites for hydroxylation is 1. The molecule has 0 spiro atoms. The Balaban J connectivity index is 1.41. The molecule has 32 heavy (non-hydrogen) atoms. The lowest BCUT2D eigenvalue weighted by molar-refractivity contribution is 0.0931. The van der Waals surface area contributed by atoms with E-state index in [-0.39, 0.29) is 34.7 Å². The lowest BCUT2D eigenvalue weighted by Crippen LogP contribution is -2.29. The highest BCUT2D eigenvalue weighted by molar-refractivity contribution is 6.32. The highest BCUT2D eigenvalue weighted by atomic mass is 35.5. The van der Waals surface area contributed by atoms with Crippen LogP contribution in [0.25, 0.3) is 0 Å². The maximum absolute atomic E-state index is 12.7. The summed E-state index contributed by atoms with van der Waals surface area (Å²) in [6.45, 7) is 0.151. The number of aromatic hydroxyl groups is 1. The van der Waals surface area contributed by atoms with Gasteiger partial charge >= 0.3 is 0 Å². The SMILES string of the molecule is N#Cc1ccc2c(c1)CC[C@H]2NC(=O)c1cc(C(=O)NCc2ccc(Cl)c(O)c2)ncn1. The molecule has 9 heteroatoms. The van der Waals surface area contributed by atoms with E-state index in [9.17, 15) is 14.7 Å². The van der Waals surface area contributed by atoms with Crippen LogP contribution in [0.5, 0.6) is 5.75 Å². The van der Waals surface area contributed by atoms with Gasteiger partial charge in [0.2, 0.25) is 0 Å². The van der Waals surface area contributed by atoms with Crippen LogP contribution in [-0.2, 0) is 13.0 Å². The molecule has 0 saturated carbocycles. The van der Waals surface area contributed by atoms with Crippen LogP contribution in [0, 0.1) is 11.3 Å². The van der Waals surface area contributed by atoms with Crippen LogP contribution < -0.4 is 10.6 Å². The van der Waals surface area contributed by atoms with Crippen molar-refractivity contribution in [3.8, 4) is 11.8 Å². The van der Waals surface area contributed by atoms with Gasteiger partial charge in [-0.3, -0.25) is 9.59 Å². The number of nitriles is 1. The Morgan fingerprint density at radius 3 is 2.66 bits per heavy atom. The van der Waals surface area contributed by atoms with Crippen LogP contribution in [0.1, 0.15) is 55.7 Å². The number of rotatable bonds is 5. The normalized spacial score (nSPS) is 14.3. The number of phenolic OH excluding ortho intramolecular Hbond substituents is 1. The van der Waals surface area contributed by atoms with E-state index in [0.29, 0.717) is 11.1 Å². The second-order valence-electron chi connectivity index (χ2n) is 7.35. The van der Waals surface area contributed by atoms with Gasteiger partial charge in [0.15, 0.2) is 0 Å². The molecule has 1 aliphatic rings. The first kappa shape index (κ1) is 21.3. The number of halogens is 1. The summed E-state index contributed by atoms with van der Waals surface area (Å²) in [4.78, 5) is 33.1. The molecule has 0 bridgehead atoms. The molecule has 2 aromatic carbocycles. The minimum atomic E-state index is -0.480. The van der Waals surface area contributed by atoms with Crippen LogP contribution in [0.15, 0.2) is 48.8 Å². The number of nitrogens with zero attached hydrogens (tertiary/aromatic N) is 3. The molecular formula is C23H18ClN5O3. The molecule has 0 saturated heterocycles. The van der Waals surface area contributed by atoms with Gasteiger partial charge in [-0.2, -0.15) is 5.26 Å². The van der Waals surface area contributed by atoms with Gasteiger partial charge in [0.05, 0.1) is 22.7 Å². The number of fused-ring (bicyclic) bond motifs is 1. The maximum Gasteiger partial charge on any atom is 0.270 e. The van der Waals surface area contributed by atoms with Gasteiger partial charge in [-0.25, -0.2) is 9.97 Å². The standard InChI is InChI=1S/C23H18ClN5O3/c24-17-5-2-14(8-21(17)30)11-26-22(31)19-9-20(28-12-27-19)23(32)29-18-6-3-15-7-13(10-25)1-4-16(15)18/h1-2,4-5,7-9,12,18,30H,3,6,11H2,(H,26,31)(H,29,32)/t18-/m1/s1. The average Bonchev–Trinajstić information content (AvgIpc) is 3.21. The first-order chi connectivity index (χ1) is 15.4. The zero-order valence-corrected chi connectivity index (χ0v) is 17.6. The third-order valence-electron chi connectivity index (χ3n) is 5.25. The highest BCUT2D eigenvalue weighted by Crippen LogP contribution is 2.31. The van der Waals surface area contributed by atoms with Crippen LogP contribution >= 0.6 is 11.6 Å². The van der Waals surface area contributed by atoms with Gasteiger partial charge in [-0.15, -0.1) is 0 Å². The number of carbonyl (C=O) groups is 2. The summed E-state index contributed by atoms with van der Waals surface area (Å²) < 4.78 is 0. The predicted octanol–water partition coefficient (Wildman–Crippen LogP) is 3.05. The Bertz CT molecular complexity index is 1250. The summed E-state index contributed by atoms with van der Waals surface area (Å²) in [5.74, 6) is -0.964. The van der Waals surface area contributed by atoms with Gasteiger partial charge in [0.25, 0.3) is 11.8 Å². The fourth-order valence-electron chi connectivity index (χ4n) is 3.62. The molecule has 1 atom stereocenters. The molecule has 160 valence electrons. The van der Waals surface area contributed by atoms with Crippen molar-refractivity contribution in [2.24, 2.45) is 0 Å². The van der Waals surface area contributed by atoms with E-state index in [0.717, 1.165) is 24.0 Å². The molecule has 0 aliphatic heterocycles. The Kier molecular flexibility index (Phi) is 6.01.